The number of para-hydroxylation sites is 1. The van der Waals surface area contributed by atoms with E-state index in [1.165, 1.54) is 27.8 Å². The minimum Gasteiger partial charge on any atom is -0.366 e. The molecular formula is C21H25FN4O2S. The number of nitrogens with zero attached hydrogens (tertiary/aromatic N) is 2. The number of thiophene rings is 1. The molecule has 1 fully saturated rings. The number of hydrazine groups is 1. The van der Waals surface area contributed by atoms with E-state index < -0.39 is 0 Å². The van der Waals surface area contributed by atoms with Crippen LogP contribution in [0.3, 0.4) is 0 Å². The monoisotopic (exact) mass is 416 g/mol. The Labute approximate surface area is 173 Å². The molecule has 2 aliphatic rings. The van der Waals surface area contributed by atoms with Gasteiger partial charge in [-0.25, -0.2) is 14.6 Å². The zero-order valence-corrected chi connectivity index (χ0v) is 17.2. The molecule has 0 bridgehead atoms. The predicted octanol–water partition coefficient (Wildman–Crippen LogP) is 3.19. The number of halogens is 1. The minimum absolute atomic E-state index is 0.259. The topological polar surface area (TPSA) is 64.7 Å². The Morgan fingerprint density at radius 1 is 1.14 bits per heavy atom. The van der Waals surface area contributed by atoms with E-state index in [2.05, 4.69) is 17.8 Å². The smallest absolute Gasteiger partial charge is 0.336 e. The van der Waals surface area contributed by atoms with E-state index in [-0.39, 0.29) is 17.8 Å². The Bertz CT molecular complexity index is 908. The maximum atomic E-state index is 13.9. The van der Waals surface area contributed by atoms with Crippen molar-refractivity contribution in [2.24, 2.45) is 5.92 Å². The molecule has 1 atom stereocenters. The molecule has 1 unspecified atom stereocenters. The average Bonchev–Trinajstić information content (AvgIpc) is 3.15. The van der Waals surface area contributed by atoms with Gasteiger partial charge in [0.2, 0.25) is 0 Å². The van der Waals surface area contributed by atoms with Crippen molar-refractivity contribution in [2.75, 3.05) is 31.1 Å². The normalized spacial score (nSPS) is 18.9. The Balaban J connectivity index is 1.27. The second-order valence-corrected chi connectivity index (χ2v) is 8.85. The van der Waals surface area contributed by atoms with Crippen LogP contribution in [0.15, 0.2) is 30.3 Å². The number of carbonyl (C=O) groups is 2. The van der Waals surface area contributed by atoms with E-state index in [0.29, 0.717) is 42.7 Å². The van der Waals surface area contributed by atoms with E-state index >= 15 is 0 Å². The van der Waals surface area contributed by atoms with Crippen molar-refractivity contribution < 1.29 is 14.0 Å². The Morgan fingerprint density at radius 3 is 2.66 bits per heavy atom. The molecule has 3 amide bonds. The first-order valence-electron chi connectivity index (χ1n) is 9.97. The summed E-state index contributed by atoms with van der Waals surface area (Å²) in [6.07, 6.45) is 3.19. The number of piperazine rings is 1. The van der Waals surface area contributed by atoms with E-state index in [9.17, 15) is 14.0 Å². The Morgan fingerprint density at radius 2 is 1.90 bits per heavy atom. The van der Waals surface area contributed by atoms with Gasteiger partial charge in [0, 0.05) is 31.1 Å². The van der Waals surface area contributed by atoms with Crippen LogP contribution in [0.25, 0.3) is 0 Å². The molecule has 2 heterocycles. The summed E-state index contributed by atoms with van der Waals surface area (Å²) in [5.41, 5.74) is 6.84. The molecular weight excluding hydrogens is 391 g/mol. The summed E-state index contributed by atoms with van der Waals surface area (Å²) < 4.78 is 13.9. The van der Waals surface area contributed by atoms with Crippen LogP contribution < -0.4 is 15.8 Å². The zero-order valence-electron chi connectivity index (χ0n) is 16.4. The van der Waals surface area contributed by atoms with E-state index in [4.69, 9.17) is 0 Å². The molecule has 0 radical (unpaired) electrons. The lowest BCUT2D eigenvalue weighted by atomic mass is 9.90. The number of nitrogens with one attached hydrogen (secondary N) is 2. The maximum absolute atomic E-state index is 13.9. The van der Waals surface area contributed by atoms with Crippen LogP contribution in [0.1, 0.15) is 33.5 Å². The van der Waals surface area contributed by atoms with Crippen LogP contribution in [0, 0.1) is 11.7 Å². The number of hydrogen-bond acceptors (Lipinski definition) is 4. The van der Waals surface area contributed by atoms with Crippen LogP contribution >= 0.6 is 11.3 Å². The fourth-order valence-electron chi connectivity index (χ4n) is 3.93. The van der Waals surface area contributed by atoms with Gasteiger partial charge in [0.15, 0.2) is 0 Å². The third kappa shape index (κ3) is 4.37. The third-order valence-corrected chi connectivity index (χ3v) is 6.83. The number of aryl methyl sites for hydroxylation is 1. The Kier molecular flexibility index (Phi) is 5.71. The molecule has 0 saturated carbocycles. The predicted molar refractivity (Wildman–Crippen MR) is 112 cm³/mol. The number of urea groups is 1. The highest BCUT2D eigenvalue weighted by molar-refractivity contribution is 7.14. The lowest BCUT2D eigenvalue weighted by molar-refractivity contribution is 0.0933. The summed E-state index contributed by atoms with van der Waals surface area (Å²) >= 11 is 1.51. The number of rotatable bonds is 2. The summed E-state index contributed by atoms with van der Waals surface area (Å²) in [7, 11) is 0. The van der Waals surface area contributed by atoms with Gasteiger partial charge in [-0.05, 0) is 48.9 Å². The van der Waals surface area contributed by atoms with Crippen LogP contribution in [0.4, 0.5) is 14.9 Å². The summed E-state index contributed by atoms with van der Waals surface area (Å²) in [5.74, 6) is 0.108. The molecule has 1 aliphatic heterocycles. The van der Waals surface area contributed by atoms with Gasteiger partial charge in [0.1, 0.15) is 5.82 Å². The van der Waals surface area contributed by atoms with Crippen molar-refractivity contribution in [3.05, 3.63) is 51.5 Å². The first-order valence-corrected chi connectivity index (χ1v) is 10.8. The molecule has 1 saturated heterocycles. The highest BCUT2D eigenvalue weighted by Crippen LogP contribution is 2.32. The van der Waals surface area contributed by atoms with Crippen LogP contribution in [-0.4, -0.2) is 43.0 Å². The van der Waals surface area contributed by atoms with Crippen molar-refractivity contribution >= 4 is 29.0 Å². The molecule has 1 aromatic carbocycles. The number of benzene rings is 1. The second kappa shape index (κ2) is 8.41. The van der Waals surface area contributed by atoms with Crippen molar-refractivity contribution in [2.45, 2.75) is 26.2 Å². The largest absolute Gasteiger partial charge is 0.366 e. The molecule has 2 aromatic rings. The molecule has 6 nitrogen and oxygen atoms in total. The first kappa shape index (κ1) is 19.7. The van der Waals surface area contributed by atoms with E-state index in [1.807, 2.05) is 11.0 Å². The lowest BCUT2D eigenvalue weighted by Gasteiger charge is -2.36. The highest BCUT2D eigenvalue weighted by atomic mass is 32.1. The first-order chi connectivity index (χ1) is 14.0. The van der Waals surface area contributed by atoms with Crippen LogP contribution in [0.5, 0.6) is 0 Å². The molecule has 8 heteroatoms. The number of hydrogen-bond donors (Lipinski definition) is 2. The van der Waals surface area contributed by atoms with Crippen LogP contribution in [0.2, 0.25) is 0 Å². The summed E-state index contributed by atoms with van der Waals surface area (Å²) in [6.45, 7) is 4.23. The van der Waals surface area contributed by atoms with Crippen molar-refractivity contribution in [1.82, 2.24) is 15.8 Å². The SMILES string of the molecule is CC1CCc2sc(C(=O)NNC(=O)N3CCN(c4ccccc4F)CC3)cc2C1. The quantitative estimate of drug-likeness (QED) is 0.739. The van der Waals surface area contributed by atoms with Gasteiger partial charge in [-0.3, -0.25) is 10.2 Å². The molecule has 0 spiro atoms. The zero-order chi connectivity index (χ0) is 20.4. The van der Waals surface area contributed by atoms with Gasteiger partial charge in [0.25, 0.3) is 5.91 Å². The molecule has 2 N–H and O–H groups in total. The molecule has 29 heavy (non-hydrogen) atoms. The Hall–Kier alpha value is -2.61. The highest BCUT2D eigenvalue weighted by Gasteiger charge is 2.24. The summed E-state index contributed by atoms with van der Waals surface area (Å²) in [4.78, 5) is 30.3. The van der Waals surface area contributed by atoms with Crippen molar-refractivity contribution in [3.63, 3.8) is 0 Å². The molecule has 4 rings (SSSR count). The fourth-order valence-corrected chi connectivity index (χ4v) is 5.03. The van der Waals surface area contributed by atoms with Crippen molar-refractivity contribution in [1.29, 1.82) is 0 Å². The van der Waals surface area contributed by atoms with Gasteiger partial charge in [-0.1, -0.05) is 19.1 Å². The van der Waals surface area contributed by atoms with Gasteiger partial charge in [-0.15, -0.1) is 11.3 Å². The maximum Gasteiger partial charge on any atom is 0.336 e. The van der Waals surface area contributed by atoms with Gasteiger partial charge >= 0.3 is 6.03 Å². The average molecular weight is 417 g/mol. The number of amides is 3. The fraction of sp³-hybridized carbons (Fsp3) is 0.429. The lowest BCUT2D eigenvalue weighted by Crippen LogP contribution is -2.55. The van der Waals surface area contributed by atoms with E-state index in [1.54, 1.807) is 23.1 Å². The minimum atomic E-state index is -0.346. The summed E-state index contributed by atoms with van der Waals surface area (Å²) in [6, 6.07) is 8.25. The van der Waals surface area contributed by atoms with Gasteiger partial charge in [-0.2, -0.15) is 0 Å². The number of anilines is 1. The van der Waals surface area contributed by atoms with Gasteiger partial charge < -0.3 is 9.80 Å². The number of fused-ring (bicyclic) bond motifs is 1. The standard InChI is InChI=1S/C21H25FN4O2S/c1-14-6-7-18-15(12-14)13-19(29-18)20(27)23-24-21(28)26-10-8-25(9-11-26)17-5-3-2-4-16(17)22/h2-5,13-14H,6-12H2,1H3,(H,23,27)(H,24,28). The molecule has 1 aliphatic carbocycles. The molecule has 1 aromatic heterocycles. The van der Waals surface area contributed by atoms with Crippen molar-refractivity contribution in [3.8, 4) is 0 Å². The van der Waals surface area contributed by atoms with Gasteiger partial charge in [0.05, 0.1) is 10.6 Å². The van der Waals surface area contributed by atoms with E-state index in [0.717, 1.165) is 19.3 Å². The number of carbonyl (C=O) groups excluding carboxylic acids is 2. The molecule has 154 valence electrons. The second-order valence-electron chi connectivity index (χ2n) is 7.72. The summed E-state index contributed by atoms with van der Waals surface area (Å²) in [5, 5.41) is 0. The third-order valence-electron chi connectivity index (χ3n) is 5.60. The van der Waals surface area contributed by atoms with Crippen LogP contribution in [-0.2, 0) is 12.8 Å².